The molecule has 0 aliphatic carbocycles. The number of thioether (sulfide) groups is 1. The van der Waals surface area contributed by atoms with E-state index in [0.29, 0.717) is 30.8 Å². The number of carbonyl (C=O) groups is 1. The third kappa shape index (κ3) is 5.10. The van der Waals surface area contributed by atoms with E-state index in [1.54, 1.807) is 35.9 Å². The number of nitrogens with zero attached hydrogens (tertiary/aromatic N) is 1. The fourth-order valence-electron chi connectivity index (χ4n) is 2.99. The first-order valence-corrected chi connectivity index (χ1v) is 9.79. The smallest absolute Gasteiger partial charge is 0.246 e. The summed E-state index contributed by atoms with van der Waals surface area (Å²) in [6.07, 6.45) is 3.91. The summed E-state index contributed by atoms with van der Waals surface area (Å²) in [5, 5.41) is -0.149. The predicted octanol–water partition coefficient (Wildman–Crippen LogP) is 4.69. The summed E-state index contributed by atoms with van der Waals surface area (Å²) in [4.78, 5) is 14.2. The second-order valence-corrected chi connectivity index (χ2v) is 7.56. The van der Waals surface area contributed by atoms with Gasteiger partial charge in [-0.1, -0.05) is 12.1 Å². The molecule has 27 heavy (non-hydrogen) atoms. The summed E-state index contributed by atoms with van der Waals surface area (Å²) >= 11 is 1.56. The highest BCUT2D eigenvalue weighted by Crippen LogP contribution is 2.36. The van der Waals surface area contributed by atoms with Crippen molar-refractivity contribution in [2.75, 3.05) is 26.0 Å². The number of carbonyl (C=O) groups excluding carboxylic acids is 1. The van der Waals surface area contributed by atoms with Crippen LogP contribution in [-0.4, -0.2) is 36.8 Å². The molecule has 0 radical (unpaired) electrons. The quantitative estimate of drug-likeness (QED) is 0.711. The Hall–Kier alpha value is -2.34. The molecule has 3 nitrogen and oxygen atoms in total. The fraction of sp³-hybridized carbons (Fsp3) is 0.286. The van der Waals surface area contributed by atoms with Crippen molar-refractivity contribution in [3.63, 3.8) is 0 Å². The zero-order chi connectivity index (χ0) is 19.2. The van der Waals surface area contributed by atoms with Gasteiger partial charge in [0.25, 0.3) is 0 Å². The zero-order valence-corrected chi connectivity index (χ0v) is 15.8. The maximum atomic E-state index is 14.0. The summed E-state index contributed by atoms with van der Waals surface area (Å²) in [5.74, 6) is 0.535. The maximum Gasteiger partial charge on any atom is 0.246 e. The lowest BCUT2D eigenvalue weighted by Crippen LogP contribution is -2.31. The molecule has 0 unspecified atom stereocenters. The van der Waals surface area contributed by atoms with E-state index in [0.717, 1.165) is 23.4 Å². The summed E-state index contributed by atoms with van der Waals surface area (Å²) in [6.45, 7) is 1.10. The van der Waals surface area contributed by atoms with Crippen molar-refractivity contribution in [3.8, 4) is 5.75 Å². The third-order valence-corrected chi connectivity index (χ3v) is 5.80. The van der Waals surface area contributed by atoms with Gasteiger partial charge in [-0.2, -0.15) is 11.8 Å². The van der Waals surface area contributed by atoms with Crippen molar-refractivity contribution >= 4 is 23.7 Å². The van der Waals surface area contributed by atoms with Crippen molar-refractivity contribution in [2.45, 2.75) is 11.7 Å². The highest BCUT2D eigenvalue weighted by atomic mass is 32.2. The average molecular weight is 389 g/mol. The molecule has 142 valence electrons. The Morgan fingerprint density at radius 2 is 1.96 bits per heavy atom. The highest BCUT2D eigenvalue weighted by Gasteiger charge is 2.23. The summed E-state index contributed by atoms with van der Waals surface area (Å²) < 4.78 is 32.6. The van der Waals surface area contributed by atoms with E-state index in [1.165, 1.54) is 6.07 Å². The molecule has 0 spiro atoms. The maximum absolute atomic E-state index is 14.0. The van der Waals surface area contributed by atoms with Crippen LogP contribution in [0.25, 0.3) is 6.08 Å². The molecule has 6 heteroatoms. The molecule has 3 rings (SSSR count). The van der Waals surface area contributed by atoms with Gasteiger partial charge in [-0.3, -0.25) is 4.79 Å². The molecule has 0 saturated carbocycles. The molecule has 1 heterocycles. The molecule has 0 N–H and O–H groups in total. The number of methoxy groups -OCH3 is 1. The van der Waals surface area contributed by atoms with Crippen LogP contribution in [0.15, 0.2) is 48.5 Å². The molecule has 1 saturated heterocycles. The van der Waals surface area contributed by atoms with E-state index in [9.17, 15) is 13.6 Å². The van der Waals surface area contributed by atoms with Crippen LogP contribution >= 0.6 is 11.8 Å². The van der Waals surface area contributed by atoms with Crippen LogP contribution in [0.2, 0.25) is 0 Å². The largest absolute Gasteiger partial charge is 0.497 e. The van der Waals surface area contributed by atoms with E-state index >= 15 is 0 Å². The van der Waals surface area contributed by atoms with Gasteiger partial charge in [0.2, 0.25) is 5.91 Å². The SMILES string of the molecule is COc1ccc(/C=C/C(=O)N2CCS[C@@H](c3cc(F)ccc3F)CC2)cc1. The summed E-state index contributed by atoms with van der Waals surface area (Å²) in [7, 11) is 1.61. The number of rotatable bonds is 4. The van der Waals surface area contributed by atoms with Gasteiger partial charge in [0, 0.05) is 35.7 Å². The minimum atomic E-state index is -0.438. The van der Waals surface area contributed by atoms with Crippen LogP contribution in [0, 0.1) is 11.6 Å². The van der Waals surface area contributed by atoms with Gasteiger partial charge in [0.05, 0.1) is 7.11 Å². The van der Waals surface area contributed by atoms with Gasteiger partial charge in [-0.15, -0.1) is 0 Å². The Balaban J connectivity index is 1.62. The van der Waals surface area contributed by atoms with Crippen LogP contribution in [0.1, 0.15) is 22.8 Å². The Morgan fingerprint density at radius 1 is 1.19 bits per heavy atom. The van der Waals surface area contributed by atoms with E-state index < -0.39 is 11.6 Å². The Labute approximate surface area is 162 Å². The second kappa shape index (κ2) is 9.04. The lowest BCUT2D eigenvalue weighted by Gasteiger charge is -2.18. The molecule has 2 aromatic carbocycles. The molecular formula is C21H21F2NO2S. The van der Waals surface area contributed by atoms with Crippen molar-refractivity contribution in [1.29, 1.82) is 0 Å². The highest BCUT2D eigenvalue weighted by molar-refractivity contribution is 7.99. The van der Waals surface area contributed by atoms with Crippen LogP contribution in [-0.2, 0) is 4.79 Å². The predicted molar refractivity (Wildman–Crippen MR) is 105 cm³/mol. The van der Waals surface area contributed by atoms with Crippen LogP contribution < -0.4 is 4.74 Å². The van der Waals surface area contributed by atoms with Gasteiger partial charge < -0.3 is 9.64 Å². The molecular weight excluding hydrogens is 368 g/mol. The molecule has 1 fully saturated rings. The fourth-order valence-corrected chi connectivity index (χ4v) is 4.23. The molecule has 0 bridgehead atoms. The standard InChI is InChI=1S/C21H21F2NO2S/c1-26-17-6-2-15(3-7-17)4-9-21(25)24-11-10-20(27-13-12-24)18-14-16(22)5-8-19(18)23/h2-9,14,20H,10-13H2,1H3/b9-4+/t20-/m1/s1. The molecule has 2 aromatic rings. The first-order chi connectivity index (χ1) is 13.1. The molecule has 1 amide bonds. The Kier molecular flexibility index (Phi) is 6.50. The average Bonchev–Trinajstić information content (AvgIpc) is 2.94. The molecule has 0 aromatic heterocycles. The van der Waals surface area contributed by atoms with E-state index in [2.05, 4.69) is 0 Å². The number of hydrogen-bond acceptors (Lipinski definition) is 3. The van der Waals surface area contributed by atoms with Crippen LogP contribution in [0.3, 0.4) is 0 Å². The van der Waals surface area contributed by atoms with Crippen LogP contribution in [0.5, 0.6) is 5.75 Å². The third-order valence-electron chi connectivity index (χ3n) is 4.49. The number of halogens is 2. The van der Waals surface area contributed by atoms with Crippen LogP contribution in [0.4, 0.5) is 8.78 Å². The van der Waals surface area contributed by atoms with Crippen molar-refractivity contribution in [2.24, 2.45) is 0 Å². The van der Waals surface area contributed by atoms with Crippen molar-refractivity contribution in [1.82, 2.24) is 4.90 Å². The normalized spacial score (nSPS) is 17.7. The van der Waals surface area contributed by atoms with Gasteiger partial charge in [-0.25, -0.2) is 8.78 Å². The molecule has 1 aliphatic heterocycles. The Morgan fingerprint density at radius 3 is 2.70 bits per heavy atom. The summed E-state index contributed by atoms with van der Waals surface area (Å²) in [5.41, 5.74) is 1.29. The van der Waals surface area contributed by atoms with Gasteiger partial charge in [0.1, 0.15) is 17.4 Å². The lowest BCUT2D eigenvalue weighted by atomic mass is 10.1. The number of benzene rings is 2. The van der Waals surface area contributed by atoms with E-state index in [4.69, 9.17) is 4.74 Å². The number of ether oxygens (including phenoxy) is 1. The summed E-state index contributed by atoms with van der Waals surface area (Å²) in [6, 6.07) is 11.0. The zero-order valence-electron chi connectivity index (χ0n) is 15.0. The monoisotopic (exact) mass is 389 g/mol. The lowest BCUT2D eigenvalue weighted by molar-refractivity contribution is -0.125. The van der Waals surface area contributed by atoms with Gasteiger partial charge in [0.15, 0.2) is 0 Å². The molecule has 1 atom stereocenters. The molecule has 1 aliphatic rings. The first-order valence-electron chi connectivity index (χ1n) is 8.74. The van der Waals surface area contributed by atoms with Crippen molar-refractivity contribution in [3.05, 3.63) is 71.3 Å². The van der Waals surface area contributed by atoms with E-state index in [-0.39, 0.29) is 11.2 Å². The second-order valence-electron chi connectivity index (χ2n) is 6.25. The first kappa shape index (κ1) is 19.4. The number of hydrogen-bond donors (Lipinski definition) is 0. The van der Waals surface area contributed by atoms with Gasteiger partial charge in [-0.05, 0) is 48.4 Å². The van der Waals surface area contributed by atoms with E-state index in [1.807, 2.05) is 24.3 Å². The minimum absolute atomic E-state index is 0.0771. The Bertz CT molecular complexity index is 823. The number of amides is 1. The van der Waals surface area contributed by atoms with Gasteiger partial charge >= 0.3 is 0 Å². The minimum Gasteiger partial charge on any atom is -0.497 e. The van der Waals surface area contributed by atoms with Crippen molar-refractivity contribution < 1.29 is 18.3 Å². The topological polar surface area (TPSA) is 29.5 Å².